The summed E-state index contributed by atoms with van der Waals surface area (Å²) in [6, 6.07) is 15.6. The Bertz CT molecular complexity index is 1370. The Morgan fingerprint density at radius 2 is 1.97 bits per heavy atom. The van der Waals surface area contributed by atoms with E-state index in [4.69, 9.17) is 4.74 Å². The first-order chi connectivity index (χ1) is 14.2. The molecule has 0 bridgehead atoms. The number of imidazole rings is 1. The average molecular weight is 421 g/mol. The van der Waals surface area contributed by atoms with Gasteiger partial charge in [0, 0.05) is 17.0 Å². The first-order valence-corrected chi connectivity index (χ1v) is 10.8. The van der Waals surface area contributed by atoms with Gasteiger partial charge in [-0.05, 0) is 17.7 Å². The fraction of sp³-hybridized carbons (Fsp3) is 0.0952. The van der Waals surface area contributed by atoms with Crippen molar-refractivity contribution >= 4 is 44.3 Å². The van der Waals surface area contributed by atoms with Gasteiger partial charge >= 0.3 is 0 Å². The van der Waals surface area contributed by atoms with Gasteiger partial charge in [-0.3, -0.25) is 4.79 Å². The van der Waals surface area contributed by atoms with E-state index >= 15 is 0 Å². The number of H-pyrrole nitrogens is 2. The monoisotopic (exact) mass is 420 g/mol. The molecule has 0 spiro atoms. The molecule has 0 radical (unpaired) electrons. The van der Waals surface area contributed by atoms with Gasteiger partial charge in [0.2, 0.25) is 0 Å². The number of hydrogen-bond acceptors (Lipinski definition) is 6. The highest BCUT2D eigenvalue weighted by molar-refractivity contribution is 7.98. The van der Waals surface area contributed by atoms with Gasteiger partial charge in [0.1, 0.15) is 16.4 Å². The van der Waals surface area contributed by atoms with Crippen molar-refractivity contribution in [1.82, 2.24) is 19.9 Å². The summed E-state index contributed by atoms with van der Waals surface area (Å²) in [5.74, 6) is 1.92. The standard InChI is InChI=1S/C21H16N4O2S2/c1-27-13-7-8-15-16(9-13)23-21(22-15)29-11-17-24-19(26)18-14(10-28-20(18)25-17)12-5-3-2-4-6-12/h2-10H,11H2,1H3,(H,22,23)(H,24,25,26). The lowest BCUT2D eigenvalue weighted by atomic mass is 10.1. The number of hydrogen-bond donors (Lipinski definition) is 2. The summed E-state index contributed by atoms with van der Waals surface area (Å²) >= 11 is 2.99. The molecule has 5 aromatic rings. The van der Waals surface area contributed by atoms with Crippen molar-refractivity contribution in [3.8, 4) is 16.9 Å². The van der Waals surface area contributed by atoms with Crippen LogP contribution in [0.4, 0.5) is 0 Å². The fourth-order valence-corrected chi connectivity index (χ4v) is 4.91. The molecular weight excluding hydrogens is 404 g/mol. The zero-order valence-corrected chi connectivity index (χ0v) is 17.1. The zero-order valence-electron chi connectivity index (χ0n) is 15.4. The first-order valence-electron chi connectivity index (χ1n) is 8.93. The Morgan fingerprint density at radius 3 is 2.79 bits per heavy atom. The van der Waals surface area contributed by atoms with Gasteiger partial charge in [-0.15, -0.1) is 11.3 Å². The van der Waals surface area contributed by atoms with Crippen molar-refractivity contribution < 1.29 is 4.74 Å². The van der Waals surface area contributed by atoms with Crippen LogP contribution in [0.2, 0.25) is 0 Å². The van der Waals surface area contributed by atoms with E-state index in [9.17, 15) is 4.79 Å². The van der Waals surface area contributed by atoms with E-state index in [1.165, 1.54) is 23.1 Å². The van der Waals surface area contributed by atoms with E-state index < -0.39 is 0 Å². The summed E-state index contributed by atoms with van der Waals surface area (Å²) in [5.41, 5.74) is 3.61. The number of thioether (sulfide) groups is 1. The van der Waals surface area contributed by atoms with Crippen molar-refractivity contribution in [2.45, 2.75) is 10.9 Å². The van der Waals surface area contributed by atoms with E-state index in [1.807, 2.05) is 53.9 Å². The highest BCUT2D eigenvalue weighted by Crippen LogP contribution is 2.31. The minimum absolute atomic E-state index is 0.111. The Labute approximate surface area is 174 Å². The molecule has 6 nitrogen and oxygen atoms in total. The Morgan fingerprint density at radius 1 is 1.10 bits per heavy atom. The highest BCUT2D eigenvalue weighted by Gasteiger charge is 2.13. The van der Waals surface area contributed by atoms with Crippen LogP contribution in [-0.2, 0) is 5.75 Å². The van der Waals surface area contributed by atoms with Crippen LogP contribution >= 0.6 is 23.1 Å². The molecule has 8 heteroatoms. The molecule has 0 amide bonds. The summed E-state index contributed by atoms with van der Waals surface area (Å²) in [7, 11) is 1.64. The smallest absolute Gasteiger partial charge is 0.260 e. The maximum Gasteiger partial charge on any atom is 0.260 e. The normalized spacial score (nSPS) is 11.3. The maximum atomic E-state index is 12.7. The lowest BCUT2D eigenvalue weighted by Gasteiger charge is -2.01. The van der Waals surface area contributed by atoms with Crippen molar-refractivity contribution in [3.05, 3.63) is 70.1 Å². The number of aromatic nitrogens is 4. The third-order valence-electron chi connectivity index (χ3n) is 4.59. The number of nitrogens with one attached hydrogen (secondary N) is 2. The molecule has 0 aliphatic rings. The lowest BCUT2D eigenvalue weighted by Crippen LogP contribution is -2.10. The SMILES string of the molecule is COc1ccc2nc(SCc3nc4scc(-c5ccccc5)c4c(=O)[nH]3)[nH]c2c1. The second kappa shape index (κ2) is 7.38. The Balaban J connectivity index is 1.42. The highest BCUT2D eigenvalue weighted by atomic mass is 32.2. The summed E-state index contributed by atoms with van der Waals surface area (Å²) in [4.78, 5) is 28.9. The number of aromatic amines is 2. The van der Waals surface area contributed by atoms with Gasteiger partial charge in [-0.1, -0.05) is 42.1 Å². The topological polar surface area (TPSA) is 83.7 Å². The maximum absolute atomic E-state index is 12.7. The third kappa shape index (κ3) is 3.41. The summed E-state index contributed by atoms with van der Waals surface area (Å²) in [6.07, 6.45) is 0. The van der Waals surface area contributed by atoms with E-state index in [0.717, 1.165) is 37.9 Å². The Hall–Kier alpha value is -3.10. The number of rotatable bonds is 5. The molecule has 3 aromatic heterocycles. The molecule has 0 aliphatic carbocycles. The molecule has 0 unspecified atom stereocenters. The van der Waals surface area contributed by atoms with Crippen molar-refractivity contribution in [2.75, 3.05) is 7.11 Å². The molecule has 144 valence electrons. The number of benzene rings is 2. The van der Waals surface area contributed by atoms with E-state index in [-0.39, 0.29) is 5.56 Å². The predicted molar refractivity (Wildman–Crippen MR) is 118 cm³/mol. The van der Waals surface area contributed by atoms with Crippen LogP contribution in [0.5, 0.6) is 5.75 Å². The van der Waals surface area contributed by atoms with Crippen LogP contribution < -0.4 is 10.3 Å². The van der Waals surface area contributed by atoms with Gasteiger partial charge < -0.3 is 14.7 Å². The van der Waals surface area contributed by atoms with Crippen LogP contribution in [0.3, 0.4) is 0 Å². The Kier molecular flexibility index (Phi) is 4.57. The minimum Gasteiger partial charge on any atom is -0.497 e. The molecule has 5 rings (SSSR count). The molecule has 0 saturated heterocycles. The van der Waals surface area contributed by atoms with Gasteiger partial charge in [-0.2, -0.15) is 0 Å². The molecule has 2 N–H and O–H groups in total. The quantitative estimate of drug-likeness (QED) is 0.398. The summed E-state index contributed by atoms with van der Waals surface area (Å²) < 4.78 is 5.25. The van der Waals surface area contributed by atoms with Gasteiger partial charge in [0.15, 0.2) is 5.16 Å². The number of thiophene rings is 1. The zero-order chi connectivity index (χ0) is 19.8. The number of ether oxygens (including phenoxy) is 1. The second-order valence-electron chi connectivity index (χ2n) is 6.42. The number of methoxy groups -OCH3 is 1. The van der Waals surface area contributed by atoms with Crippen molar-refractivity contribution in [3.63, 3.8) is 0 Å². The molecule has 3 heterocycles. The number of fused-ring (bicyclic) bond motifs is 2. The third-order valence-corrected chi connectivity index (χ3v) is 6.35. The van der Waals surface area contributed by atoms with Crippen molar-refractivity contribution in [2.24, 2.45) is 0 Å². The predicted octanol–water partition coefficient (Wildman–Crippen LogP) is 4.83. The lowest BCUT2D eigenvalue weighted by molar-refractivity contribution is 0.415. The van der Waals surface area contributed by atoms with Crippen LogP contribution in [-0.4, -0.2) is 27.0 Å². The van der Waals surface area contributed by atoms with E-state index in [0.29, 0.717) is 17.0 Å². The van der Waals surface area contributed by atoms with Crippen LogP contribution in [0.15, 0.2) is 63.9 Å². The largest absolute Gasteiger partial charge is 0.497 e. The fourth-order valence-electron chi connectivity index (χ4n) is 3.19. The molecule has 2 aromatic carbocycles. The molecule has 0 fully saturated rings. The number of nitrogens with zero attached hydrogens (tertiary/aromatic N) is 2. The average Bonchev–Trinajstić information content (AvgIpc) is 3.36. The second-order valence-corrected chi connectivity index (χ2v) is 8.24. The molecule has 0 saturated carbocycles. The van der Waals surface area contributed by atoms with Crippen molar-refractivity contribution in [1.29, 1.82) is 0 Å². The summed E-state index contributed by atoms with van der Waals surface area (Å²) in [5, 5.41) is 3.41. The first kappa shape index (κ1) is 18.0. The van der Waals surface area contributed by atoms with Crippen LogP contribution in [0.25, 0.3) is 32.4 Å². The van der Waals surface area contributed by atoms with E-state index in [2.05, 4.69) is 19.9 Å². The molecule has 0 aliphatic heterocycles. The van der Waals surface area contributed by atoms with Gasteiger partial charge in [0.25, 0.3) is 5.56 Å². The van der Waals surface area contributed by atoms with Crippen LogP contribution in [0, 0.1) is 0 Å². The minimum atomic E-state index is -0.111. The molecule has 29 heavy (non-hydrogen) atoms. The van der Waals surface area contributed by atoms with Crippen LogP contribution in [0.1, 0.15) is 5.82 Å². The van der Waals surface area contributed by atoms with Gasteiger partial charge in [0.05, 0.1) is 29.3 Å². The van der Waals surface area contributed by atoms with E-state index in [1.54, 1.807) is 7.11 Å². The summed E-state index contributed by atoms with van der Waals surface area (Å²) in [6.45, 7) is 0. The van der Waals surface area contributed by atoms with Gasteiger partial charge in [-0.25, -0.2) is 9.97 Å². The molecule has 0 atom stereocenters. The molecular formula is C21H16N4O2S2.